The molecule has 0 radical (unpaired) electrons. The van der Waals surface area contributed by atoms with Crippen LogP contribution in [0.5, 0.6) is 11.7 Å². The van der Waals surface area contributed by atoms with Crippen molar-refractivity contribution in [1.29, 1.82) is 0 Å². The molecule has 3 rings (SSSR count). The first-order valence-corrected chi connectivity index (χ1v) is 7.25. The van der Waals surface area contributed by atoms with E-state index in [1.54, 1.807) is 31.3 Å². The summed E-state index contributed by atoms with van der Waals surface area (Å²) in [5, 5.41) is 3.40. The molecule has 1 amide bonds. The summed E-state index contributed by atoms with van der Waals surface area (Å²) >= 11 is 0. The highest BCUT2D eigenvalue weighted by Crippen LogP contribution is 2.31. The minimum Gasteiger partial charge on any atom is -0.429 e. The molecule has 8 nitrogen and oxygen atoms in total. The minimum absolute atomic E-state index is 0.0417. The van der Waals surface area contributed by atoms with E-state index in [0.717, 1.165) is 5.39 Å². The molecule has 0 aliphatic carbocycles. The predicted octanol–water partition coefficient (Wildman–Crippen LogP) is 1.69. The van der Waals surface area contributed by atoms with Gasteiger partial charge in [0, 0.05) is 18.5 Å². The zero-order valence-corrected chi connectivity index (χ0v) is 13.0. The van der Waals surface area contributed by atoms with E-state index in [4.69, 9.17) is 20.6 Å². The molecule has 2 aromatic heterocycles. The Bertz CT molecular complexity index is 909. The third-order valence-electron chi connectivity index (χ3n) is 3.38. The monoisotopic (exact) mass is 327 g/mol. The number of hydrogen-bond acceptors (Lipinski definition) is 4. The molecule has 0 spiro atoms. The maximum atomic E-state index is 12.1. The summed E-state index contributed by atoms with van der Waals surface area (Å²) in [5.74, 6) is 1.03. The number of aromatic amines is 1. The fourth-order valence-electron chi connectivity index (χ4n) is 2.19. The van der Waals surface area contributed by atoms with Crippen molar-refractivity contribution in [3.05, 3.63) is 47.9 Å². The Labute approximate surface area is 137 Å². The van der Waals surface area contributed by atoms with Crippen LogP contribution < -0.4 is 21.5 Å². The number of aromatic nitrogens is 1. The van der Waals surface area contributed by atoms with Gasteiger partial charge >= 0.3 is 0 Å². The maximum absolute atomic E-state index is 12.1. The average molecular weight is 327 g/mol. The van der Waals surface area contributed by atoms with Crippen molar-refractivity contribution in [1.82, 2.24) is 10.3 Å². The van der Waals surface area contributed by atoms with E-state index >= 15 is 0 Å². The fraction of sp³-hybridized carbons (Fsp3) is 0.125. The number of furan rings is 1. The van der Waals surface area contributed by atoms with Crippen LogP contribution in [0.15, 0.2) is 45.8 Å². The SMILES string of the molecule is CNC(N)=NC(=O)c1cc2cccc(Oc3ccc(CN)o3)c2[nH]1. The quantitative estimate of drug-likeness (QED) is 0.426. The van der Waals surface area contributed by atoms with E-state index in [1.165, 1.54) is 0 Å². The number of H-pyrrole nitrogens is 1. The Morgan fingerprint density at radius 3 is 2.92 bits per heavy atom. The number of hydrogen-bond donors (Lipinski definition) is 4. The lowest BCUT2D eigenvalue weighted by molar-refractivity contribution is 0.0998. The summed E-state index contributed by atoms with van der Waals surface area (Å²) in [6.07, 6.45) is 0. The van der Waals surface area contributed by atoms with Crippen LogP contribution in [-0.2, 0) is 6.54 Å². The minimum atomic E-state index is -0.479. The summed E-state index contributed by atoms with van der Waals surface area (Å²) in [6, 6.07) is 10.6. The first kappa shape index (κ1) is 15.6. The molecule has 124 valence electrons. The van der Waals surface area contributed by atoms with Gasteiger partial charge in [-0.3, -0.25) is 4.79 Å². The van der Waals surface area contributed by atoms with Crippen molar-refractivity contribution < 1.29 is 13.9 Å². The number of carbonyl (C=O) groups is 1. The van der Waals surface area contributed by atoms with Crippen LogP contribution in [0.2, 0.25) is 0 Å². The number of carbonyl (C=O) groups excluding carboxylic acids is 1. The molecular weight excluding hydrogens is 310 g/mol. The summed E-state index contributed by atoms with van der Waals surface area (Å²) in [6.45, 7) is 0.291. The van der Waals surface area contributed by atoms with E-state index in [1.807, 2.05) is 12.1 Å². The van der Waals surface area contributed by atoms with Gasteiger partial charge in [-0.05, 0) is 18.2 Å². The third-order valence-corrected chi connectivity index (χ3v) is 3.38. The van der Waals surface area contributed by atoms with Crippen molar-refractivity contribution in [3.63, 3.8) is 0 Å². The zero-order chi connectivity index (χ0) is 17.1. The Balaban J connectivity index is 1.94. The van der Waals surface area contributed by atoms with Gasteiger partial charge in [0.25, 0.3) is 11.9 Å². The normalized spacial score (nSPS) is 11.7. The maximum Gasteiger partial charge on any atom is 0.296 e. The number of rotatable bonds is 4. The van der Waals surface area contributed by atoms with Gasteiger partial charge in [-0.2, -0.15) is 4.99 Å². The third kappa shape index (κ3) is 3.08. The number of aliphatic imine (C=N–C) groups is 1. The highest BCUT2D eigenvalue weighted by molar-refractivity contribution is 6.04. The molecule has 8 heteroatoms. The highest BCUT2D eigenvalue weighted by Gasteiger charge is 2.13. The van der Waals surface area contributed by atoms with Gasteiger partial charge in [0.1, 0.15) is 11.5 Å². The predicted molar refractivity (Wildman–Crippen MR) is 90.0 cm³/mol. The molecule has 0 fully saturated rings. The van der Waals surface area contributed by atoms with Gasteiger partial charge in [-0.25, -0.2) is 0 Å². The number of amides is 1. The lowest BCUT2D eigenvalue weighted by Gasteiger charge is -2.03. The van der Waals surface area contributed by atoms with E-state index in [-0.39, 0.29) is 5.96 Å². The molecule has 2 heterocycles. The molecule has 0 aliphatic rings. The fourth-order valence-corrected chi connectivity index (χ4v) is 2.19. The number of fused-ring (bicyclic) bond motifs is 1. The average Bonchev–Trinajstić information content (AvgIpc) is 3.21. The second-order valence-corrected chi connectivity index (χ2v) is 4.98. The number of nitrogens with zero attached hydrogens (tertiary/aromatic N) is 1. The number of benzene rings is 1. The standard InChI is InChI=1S/C16H17N5O3/c1-19-16(18)21-15(22)11-7-9-3-2-4-12(14(9)20-11)24-13-6-5-10(8-17)23-13/h2-7,20H,8,17H2,1H3,(H3,18,19,21,22). The van der Waals surface area contributed by atoms with Crippen molar-refractivity contribution in [2.24, 2.45) is 16.5 Å². The molecule has 3 aromatic rings. The zero-order valence-electron chi connectivity index (χ0n) is 13.0. The number of guanidine groups is 1. The summed E-state index contributed by atoms with van der Waals surface area (Å²) < 4.78 is 11.2. The number of nitrogens with two attached hydrogens (primary N) is 2. The van der Waals surface area contributed by atoms with Crippen molar-refractivity contribution in [2.45, 2.75) is 6.54 Å². The summed E-state index contributed by atoms with van der Waals surface area (Å²) in [7, 11) is 1.59. The highest BCUT2D eigenvalue weighted by atomic mass is 16.6. The van der Waals surface area contributed by atoms with E-state index in [0.29, 0.717) is 35.2 Å². The molecule has 0 atom stereocenters. The first-order valence-electron chi connectivity index (χ1n) is 7.25. The van der Waals surface area contributed by atoms with Crippen molar-refractivity contribution >= 4 is 22.8 Å². The van der Waals surface area contributed by atoms with Gasteiger partial charge in [0.05, 0.1) is 12.1 Å². The van der Waals surface area contributed by atoms with Gasteiger partial charge in [-0.1, -0.05) is 12.1 Å². The Morgan fingerprint density at radius 1 is 1.38 bits per heavy atom. The number of para-hydroxylation sites is 1. The molecule has 1 aromatic carbocycles. The van der Waals surface area contributed by atoms with Crippen LogP contribution in [0.4, 0.5) is 0 Å². The largest absolute Gasteiger partial charge is 0.429 e. The second-order valence-electron chi connectivity index (χ2n) is 4.98. The van der Waals surface area contributed by atoms with Gasteiger partial charge in [0.15, 0.2) is 11.7 Å². The van der Waals surface area contributed by atoms with Crippen LogP contribution in [0.1, 0.15) is 16.2 Å². The van der Waals surface area contributed by atoms with Crippen LogP contribution in [-0.4, -0.2) is 23.9 Å². The van der Waals surface area contributed by atoms with E-state index in [2.05, 4.69) is 15.3 Å². The first-order chi connectivity index (χ1) is 11.6. The number of nitrogens with one attached hydrogen (secondary N) is 2. The van der Waals surface area contributed by atoms with Gasteiger partial charge in [-0.15, -0.1) is 0 Å². The van der Waals surface area contributed by atoms with Crippen molar-refractivity contribution in [2.75, 3.05) is 7.05 Å². The molecule has 6 N–H and O–H groups in total. The topological polar surface area (TPSA) is 132 Å². The van der Waals surface area contributed by atoms with Crippen LogP contribution in [0.3, 0.4) is 0 Å². The molecule has 0 saturated heterocycles. The molecule has 0 bridgehead atoms. The molecule has 0 aliphatic heterocycles. The molecule has 0 unspecified atom stereocenters. The summed E-state index contributed by atoms with van der Waals surface area (Å²) in [4.78, 5) is 18.8. The molecular formula is C16H17N5O3. The lowest BCUT2D eigenvalue weighted by Crippen LogP contribution is -2.28. The lowest BCUT2D eigenvalue weighted by atomic mass is 10.2. The van der Waals surface area contributed by atoms with Gasteiger partial charge in [0.2, 0.25) is 0 Å². The van der Waals surface area contributed by atoms with Crippen molar-refractivity contribution in [3.8, 4) is 11.7 Å². The molecule has 0 saturated carbocycles. The number of ether oxygens (including phenoxy) is 1. The molecule has 24 heavy (non-hydrogen) atoms. The van der Waals surface area contributed by atoms with Gasteiger partial charge < -0.3 is 30.9 Å². The Kier molecular flexibility index (Phi) is 4.21. The van der Waals surface area contributed by atoms with Crippen LogP contribution in [0, 0.1) is 0 Å². The smallest absolute Gasteiger partial charge is 0.296 e. The Morgan fingerprint density at radius 2 is 2.21 bits per heavy atom. The van der Waals surface area contributed by atoms with E-state index < -0.39 is 5.91 Å². The summed E-state index contributed by atoms with van der Waals surface area (Å²) in [5.41, 5.74) is 12.0. The van der Waals surface area contributed by atoms with Crippen LogP contribution >= 0.6 is 0 Å². The second kappa shape index (κ2) is 6.47. The Hall–Kier alpha value is -3.26. The van der Waals surface area contributed by atoms with Crippen LogP contribution in [0.25, 0.3) is 10.9 Å². The van der Waals surface area contributed by atoms with E-state index in [9.17, 15) is 4.79 Å².